The van der Waals surface area contributed by atoms with Crippen LogP contribution in [0.2, 0.25) is 0 Å². The van der Waals surface area contributed by atoms with Crippen LogP contribution in [0.1, 0.15) is 0 Å². The minimum absolute atomic E-state index is 0.632. The van der Waals surface area contributed by atoms with Gasteiger partial charge in [0.1, 0.15) is 11.2 Å². The van der Waals surface area contributed by atoms with Crippen molar-refractivity contribution >= 4 is 43.7 Å². The molecule has 9 rings (SSSR count). The molecular weight excluding hydrogens is 540 g/mol. The monoisotopic (exact) mass is 564 g/mol. The Morgan fingerprint density at radius 2 is 0.955 bits per heavy atom. The van der Waals surface area contributed by atoms with Gasteiger partial charge in [0.25, 0.3) is 0 Å². The second-order valence-corrected chi connectivity index (χ2v) is 10.9. The minimum Gasteiger partial charge on any atom is -0.456 e. The van der Waals surface area contributed by atoms with Crippen LogP contribution in [0.25, 0.3) is 83.6 Å². The summed E-state index contributed by atoms with van der Waals surface area (Å²) in [7, 11) is 0. The van der Waals surface area contributed by atoms with Gasteiger partial charge in [0.05, 0.1) is 11.0 Å². The van der Waals surface area contributed by atoms with Crippen molar-refractivity contribution in [3.05, 3.63) is 146 Å². The summed E-state index contributed by atoms with van der Waals surface area (Å²) < 4.78 is 8.47. The summed E-state index contributed by atoms with van der Waals surface area (Å²) in [5.74, 6) is 1.92. The van der Waals surface area contributed by atoms with Crippen molar-refractivity contribution in [3.8, 4) is 39.9 Å². The van der Waals surface area contributed by atoms with E-state index < -0.39 is 0 Å². The van der Waals surface area contributed by atoms with Crippen LogP contribution in [-0.4, -0.2) is 19.5 Å². The van der Waals surface area contributed by atoms with Crippen molar-refractivity contribution in [1.82, 2.24) is 19.5 Å². The molecule has 0 aliphatic heterocycles. The first kappa shape index (κ1) is 24.5. The molecule has 0 unspecified atom stereocenters. The maximum atomic E-state index is 6.14. The lowest BCUT2D eigenvalue weighted by atomic mass is 10.1. The first-order chi connectivity index (χ1) is 21.8. The predicted molar refractivity (Wildman–Crippen MR) is 178 cm³/mol. The number of furan rings is 1. The lowest BCUT2D eigenvalue weighted by molar-refractivity contribution is 0.669. The molecule has 0 aliphatic rings. The Morgan fingerprint density at radius 3 is 1.68 bits per heavy atom. The fourth-order valence-corrected chi connectivity index (χ4v) is 6.18. The quantitative estimate of drug-likeness (QED) is 0.213. The number of benzene rings is 6. The summed E-state index contributed by atoms with van der Waals surface area (Å²) in [6, 6.07) is 49.8. The van der Waals surface area contributed by atoms with Gasteiger partial charge in [-0.1, -0.05) is 109 Å². The standard InChI is InChI=1S/C39H24N4O/c1-3-11-25(12-4-1)37-40-38(26-13-5-2-6-14-26)42-39(41-37)27-19-21-30-29-15-7-9-17-33(29)43(34(30)23-27)28-20-22-36-32(24-28)31-16-8-10-18-35(31)44-36/h1-24H. The van der Waals surface area contributed by atoms with E-state index in [9.17, 15) is 0 Å². The second-order valence-electron chi connectivity index (χ2n) is 10.9. The Balaban J connectivity index is 1.29. The maximum absolute atomic E-state index is 6.14. The summed E-state index contributed by atoms with van der Waals surface area (Å²) in [6.07, 6.45) is 0. The molecule has 5 heteroatoms. The van der Waals surface area contributed by atoms with Crippen molar-refractivity contribution in [3.63, 3.8) is 0 Å². The van der Waals surface area contributed by atoms with Crippen molar-refractivity contribution in [2.75, 3.05) is 0 Å². The van der Waals surface area contributed by atoms with Crippen LogP contribution < -0.4 is 0 Å². The highest BCUT2D eigenvalue weighted by molar-refractivity contribution is 6.11. The van der Waals surface area contributed by atoms with E-state index in [-0.39, 0.29) is 0 Å². The lowest BCUT2D eigenvalue weighted by Gasteiger charge is -2.10. The zero-order chi connectivity index (χ0) is 29.0. The molecule has 0 saturated heterocycles. The minimum atomic E-state index is 0.632. The molecule has 6 aromatic carbocycles. The van der Waals surface area contributed by atoms with Crippen LogP contribution in [0.3, 0.4) is 0 Å². The summed E-state index contributed by atoms with van der Waals surface area (Å²) in [6.45, 7) is 0. The number of rotatable bonds is 4. The molecule has 3 heterocycles. The third-order valence-corrected chi connectivity index (χ3v) is 8.25. The van der Waals surface area contributed by atoms with Crippen molar-refractivity contribution in [2.24, 2.45) is 0 Å². The Hall–Kier alpha value is -6.07. The second kappa shape index (κ2) is 9.75. The first-order valence-corrected chi connectivity index (χ1v) is 14.6. The smallest absolute Gasteiger partial charge is 0.164 e. The number of aromatic nitrogens is 4. The Morgan fingerprint density at radius 1 is 0.386 bits per heavy atom. The van der Waals surface area contributed by atoms with Crippen molar-refractivity contribution in [1.29, 1.82) is 0 Å². The van der Waals surface area contributed by atoms with E-state index in [2.05, 4.69) is 77.4 Å². The molecule has 206 valence electrons. The third kappa shape index (κ3) is 3.91. The van der Waals surface area contributed by atoms with E-state index >= 15 is 0 Å². The van der Waals surface area contributed by atoms with Gasteiger partial charge >= 0.3 is 0 Å². The maximum Gasteiger partial charge on any atom is 0.164 e. The largest absolute Gasteiger partial charge is 0.456 e. The van der Waals surface area contributed by atoms with Crippen LogP contribution in [-0.2, 0) is 0 Å². The molecule has 0 bridgehead atoms. The van der Waals surface area contributed by atoms with Gasteiger partial charge < -0.3 is 8.98 Å². The summed E-state index contributed by atoms with van der Waals surface area (Å²) in [5, 5.41) is 4.56. The molecule has 3 aromatic heterocycles. The number of nitrogens with zero attached hydrogens (tertiary/aromatic N) is 4. The molecule has 0 amide bonds. The van der Waals surface area contributed by atoms with Gasteiger partial charge in [0.15, 0.2) is 17.5 Å². The SMILES string of the molecule is c1ccc(-c2nc(-c3ccccc3)nc(-c3ccc4c5ccccc5n(-c5ccc6oc7ccccc7c6c5)c4c3)n2)cc1. The van der Waals surface area contributed by atoms with Crippen LogP contribution in [0.4, 0.5) is 0 Å². The molecule has 0 spiro atoms. The third-order valence-electron chi connectivity index (χ3n) is 8.25. The fraction of sp³-hybridized carbons (Fsp3) is 0. The molecular formula is C39H24N4O. The van der Waals surface area contributed by atoms with E-state index in [1.165, 1.54) is 10.8 Å². The van der Waals surface area contributed by atoms with Gasteiger partial charge in [-0.05, 0) is 36.4 Å². The summed E-state index contributed by atoms with van der Waals surface area (Å²) >= 11 is 0. The van der Waals surface area contributed by atoms with Crippen LogP contribution >= 0.6 is 0 Å². The molecule has 0 aliphatic carbocycles. The predicted octanol–water partition coefficient (Wildman–Crippen LogP) is 9.87. The molecule has 9 aromatic rings. The van der Waals surface area contributed by atoms with Gasteiger partial charge in [0, 0.05) is 43.9 Å². The van der Waals surface area contributed by atoms with E-state index in [1.807, 2.05) is 72.8 Å². The van der Waals surface area contributed by atoms with Gasteiger partial charge in [-0.3, -0.25) is 0 Å². The van der Waals surface area contributed by atoms with Crippen molar-refractivity contribution < 1.29 is 4.42 Å². The van der Waals surface area contributed by atoms with Crippen LogP contribution in [0.15, 0.2) is 150 Å². The number of para-hydroxylation sites is 2. The average Bonchev–Trinajstić information content (AvgIpc) is 3.64. The lowest BCUT2D eigenvalue weighted by Crippen LogP contribution is -2.00. The van der Waals surface area contributed by atoms with E-state index in [1.54, 1.807) is 0 Å². The highest BCUT2D eigenvalue weighted by atomic mass is 16.3. The van der Waals surface area contributed by atoms with Gasteiger partial charge in [0.2, 0.25) is 0 Å². The van der Waals surface area contributed by atoms with Crippen molar-refractivity contribution in [2.45, 2.75) is 0 Å². The molecule has 0 radical (unpaired) electrons. The summed E-state index contributed by atoms with van der Waals surface area (Å²) in [5.41, 5.74) is 7.88. The zero-order valence-electron chi connectivity index (χ0n) is 23.6. The van der Waals surface area contributed by atoms with Gasteiger partial charge in [-0.25, -0.2) is 15.0 Å². The van der Waals surface area contributed by atoms with Crippen LogP contribution in [0.5, 0.6) is 0 Å². The molecule has 0 N–H and O–H groups in total. The van der Waals surface area contributed by atoms with E-state index in [4.69, 9.17) is 19.4 Å². The number of fused-ring (bicyclic) bond motifs is 6. The zero-order valence-corrected chi connectivity index (χ0v) is 23.6. The normalized spacial score (nSPS) is 11.6. The van der Waals surface area contributed by atoms with E-state index in [0.29, 0.717) is 17.5 Å². The molecule has 44 heavy (non-hydrogen) atoms. The van der Waals surface area contributed by atoms with Gasteiger partial charge in [-0.2, -0.15) is 0 Å². The Labute approximate surface area is 252 Å². The fourth-order valence-electron chi connectivity index (χ4n) is 6.18. The molecule has 0 fully saturated rings. The highest BCUT2D eigenvalue weighted by Crippen LogP contribution is 2.37. The summed E-state index contributed by atoms with van der Waals surface area (Å²) in [4.78, 5) is 14.8. The molecule has 5 nitrogen and oxygen atoms in total. The first-order valence-electron chi connectivity index (χ1n) is 14.6. The Kier molecular flexibility index (Phi) is 5.43. The average molecular weight is 565 g/mol. The number of hydrogen-bond acceptors (Lipinski definition) is 4. The van der Waals surface area contributed by atoms with E-state index in [0.717, 1.165) is 55.3 Å². The molecule has 0 atom stereocenters. The topological polar surface area (TPSA) is 56.7 Å². The van der Waals surface area contributed by atoms with Gasteiger partial charge in [-0.15, -0.1) is 0 Å². The number of hydrogen-bond donors (Lipinski definition) is 0. The highest BCUT2D eigenvalue weighted by Gasteiger charge is 2.17. The Bertz CT molecular complexity index is 2440. The molecule has 0 saturated carbocycles. The van der Waals surface area contributed by atoms with Crippen LogP contribution in [0, 0.1) is 0 Å².